The molecule has 1 heterocycles. The van der Waals surface area contributed by atoms with E-state index in [1.54, 1.807) is 29.5 Å². The Hall–Kier alpha value is -2.01. The van der Waals surface area contributed by atoms with Gasteiger partial charge in [-0.1, -0.05) is 6.07 Å². The van der Waals surface area contributed by atoms with E-state index in [9.17, 15) is 4.79 Å². The van der Waals surface area contributed by atoms with Crippen molar-refractivity contribution in [3.05, 3.63) is 46.2 Å². The molecule has 1 aromatic heterocycles. The summed E-state index contributed by atoms with van der Waals surface area (Å²) in [6.07, 6.45) is 0.903. The van der Waals surface area contributed by atoms with Crippen LogP contribution < -0.4 is 16.8 Å². The van der Waals surface area contributed by atoms with Gasteiger partial charge in [0.15, 0.2) is 0 Å². The smallest absolute Gasteiger partial charge is 0.250 e. The minimum atomic E-state index is -0.474. The molecule has 19 heavy (non-hydrogen) atoms. The van der Waals surface area contributed by atoms with Gasteiger partial charge in [0, 0.05) is 28.7 Å². The van der Waals surface area contributed by atoms with Crippen molar-refractivity contribution in [1.29, 1.82) is 0 Å². The van der Waals surface area contributed by atoms with Gasteiger partial charge < -0.3 is 16.8 Å². The summed E-state index contributed by atoms with van der Waals surface area (Å²) >= 11 is 1.72. The Morgan fingerprint density at radius 2 is 2.21 bits per heavy atom. The molecule has 0 radical (unpaired) electrons. The topological polar surface area (TPSA) is 81.1 Å². The fraction of sp³-hybridized carbons (Fsp3) is 0.214. The molecule has 1 unspecified atom stereocenters. The highest BCUT2D eigenvalue weighted by Gasteiger charge is 2.11. The predicted octanol–water partition coefficient (Wildman–Crippen LogP) is 2.47. The monoisotopic (exact) mass is 275 g/mol. The largest absolute Gasteiger partial charge is 0.399 e. The van der Waals surface area contributed by atoms with E-state index < -0.39 is 5.91 Å². The summed E-state index contributed by atoms with van der Waals surface area (Å²) in [5.74, 6) is -0.474. The van der Waals surface area contributed by atoms with Crippen molar-refractivity contribution in [2.45, 2.75) is 19.4 Å². The lowest BCUT2D eigenvalue weighted by molar-refractivity contribution is 0.100. The minimum absolute atomic E-state index is 0.209. The zero-order valence-electron chi connectivity index (χ0n) is 10.7. The second-order valence-electron chi connectivity index (χ2n) is 4.50. The van der Waals surface area contributed by atoms with E-state index in [0.29, 0.717) is 11.3 Å². The number of nitrogens with two attached hydrogens (primary N) is 2. The average Bonchev–Trinajstić information content (AvgIpc) is 2.83. The molecule has 2 rings (SSSR count). The minimum Gasteiger partial charge on any atom is -0.399 e. The third-order valence-corrected chi connectivity index (χ3v) is 3.70. The van der Waals surface area contributed by atoms with E-state index in [1.165, 1.54) is 4.88 Å². The number of thiophene rings is 1. The number of nitrogens with one attached hydrogen (secondary N) is 1. The van der Waals surface area contributed by atoms with Crippen molar-refractivity contribution in [3.8, 4) is 0 Å². The number of anilines is 2. The zero-order valence-corrected chi connectivity index (χ0v) is 11.5. The van der Waals surface area contributed by atoms with Gasteiger partial charge >= 0.3 is 0 Å². The normalized spacial score (nSPS) is 12.1. The van der Waals surface area contributed by atoms with Gasteiger partial charge in [-0.2, -0.15) is 0 Å². The summed E-state index contributed by atoms with van der Waals surface area (Å²) in [4.78, 5) is 12.7. The van der Waals surface area contributed by atoms with E-state index in [2.05, 4.69) is 23.7 Å². The van der Waals surface area contributed by atoms with Crippen molar-refractivity contribution < 1.29 is 4.79 Å². The van der Waals surface area contributed by atoms with Gasteiger partial charge in [-0.05, 0) is 36.6 Å². The van der Waals surface area contributed by atoms with Gasteiger partial charge in [0.1, 0.15) is 0 Å². The van der Waals surface area contributed by atoms with Gasteiger partial charge in [-0.3, -0.25) is 4.79 Å². The quantitative estimate of drug-likeness (QED) is 0.733. The van der Waals surface area contributed by atoms with Crippen LogP contribution in [0.1, 0.15) is 22.2 Å². The van der Waals surface area contributed by atoms with Crippen molar-refractivity contribution in [2.75, 3.05) is 11.1 Å². The summed E-state index contributed by atoms with van der Waals surface area (Å²) < 4.78 is 0. The fourth-order valence-corrected chi connectivity index (χ4v) is 2.77. The van der Waals surface area contributed by atoms with Crippen LogP contribution in [0.25, 0.3) is 0 Å². The molecular formula is C14H17N3OS. The number of hydrogen-bond acceptors (Lipinski definition) is 4. The van der Waals surface area contributed by atoms with Crippen LogP contribution in [-0.2, 0) is 6.42 Å². The molecule has 1 aromatic carbocycles. The Bertz CT molecular complexity index is 566. The first-order valence-electron chi connectivity index (χ1n) is 6.04. The summed E-state index contributed by atoms with van der Waals surface area (Å²) in [5, 5.41) is 5.36. The van der Waals surface area contributed by atoms with Crippen LogP contribution in [0.15, 0.2) is 35.7 Å². The van der Waals surface area contributed by atoms with Crippen LogP contribution in [0.4, 0.5) is 11.4 Å². The molecule has 1 atom stereocenters. The molecule has 1 amide bonds. The van der Waals surface area contributed by atoms with E-state index in [0.717, 1.165) is 12.1 Å². The molecular weight excluding hydrogens is 258 g/mol. The Morgan fingerprint density at radius 1 is 1.42 bits per heavy atom. The molecule has 0 aliphatic carbocycles. The number of hydrogen-bond donors (Lipinski definition) is 3. The lowest BCUT2D eigenvalue weighted by Crippen LogP contribution is -2.21. The van der Waals surface area contributed by atoms with Gasteiger partial charge in [0.05, 0.1) is 5.56 Å². The second kappa shape index (κ2) is 5.75. The third-order valence-electron chi connectivity index (χ3n) is 2.80. The van der Waals surface area contributed by atoms with Gasteiger partial charge in [-0.25, -0.2) is 0 Å². The molecule has 0 saturated heterocycles. The van der Waals surface area contributed by atoms with Crippen LogP contribution in [0.3, 0.4) is 0 Å². The lowest BCUT2D eigenvalue weighted by Gasteiger charge is -2.17. The van der Waals surface area contributed by atoms with Crippen LogP contribution >= 0.6 is 11.3 Å². The Labute approximate surface area is 116 Å². The van der Waals surface area contributed by atoms with Crippen LogP contribution in [-0.4, -0.2) is 11.9 Å². The average molecular weight is 275 g/mol. The molecule has 2 aromatic rings. The van der Waals surface area contributed by atoms with Gasteiger partial charge in [0.2, 0.25) is 0 Å². The van der Waals surface area contributed by atoms with E-state index in [-0.39, 0.29) is 6.04 Å². The number of amides is 1. The molecule has 5 heteroatoms. The van der Waals surface area contributed by atoms with E-state index >= 15 is 0 Å². The molecule has 0 fully saturated rings. The number of primary amides is 1. The second-order valence-corrected chi connectivity index (χ2v) is 5.53. The van der Waals surface area contributed by atoms with Crippen LogP contribution in [0, 0.1) is 0 Å². The van der Waals surface area contributed by atoms with E-state index in [4.69, 9.17) is 11.5 Å². The number of rotatable bonds is 5. The highest BCUT2D eigenvalue weighted by Crippen LogP contribution is 2.21. The molecule has 4 nitrogen and oxygen atoms in total. The Balaban J connectivity index is 2.12. The maximum atomic E-state index is 11.4. The highest BCUT2D eigenvalue weighted by molar-refractivity contribution is 7.09. The highest BCUT2D eigenvalue weighted by atomic mass is 32.1. The molecule has 0 aliphatic heterocycles. The van der Waals surface area contributed by atoms with Gasteiger partial charge in [0.25, 0.3) is 5.91 Å². The maximum absolute atomic E-state index is 11.4. The molecule has 0 bridgehead atoms. The lowest BCUT2D eigenvalue weighted by atomic mass is 10.1. The van der Waals surface area contributed by atoms with Crippen molar-refractivity contribution in [1.82, 2.24) is 0 Å². The Morgan fingerprint density at radius 3 is 2.84 bits per heavy atom. The molecule has 0 aliphatic rings. The molecule has 5 N–H and O–H groups in total. The summed E-state index contributed by atoms with van der Waals surface area (Å²) in [6, 6.07) is 9.49. The first-order chi connectivity index (χ1) is 9.06. The van der Waals surface area contributed by atoms with Crippen LogP contribution in [0.5, 0.6) is 0 Å². The number of nitrogen functional groups attached to an aromatic ring is 1. The number of carbonyl (C=O) groups is 1. The molecule has 100 valence electrons. The van der Waals surface area contributed by atoms with Crippen molar-refractivity contribution in [3.63, 3.8) is 0 Å². The molecule has 0 saturated carbocycles. The third kappa shape index (κ3) is 3.48. The fourth-order valence-electron chi connectivity index (χ4n) is 1.94. The number of carbonyl (C=O) groups excluding carboxylic acids is 1. The Kier molecular flexibility index (Phi) is 4.06. The summed E-state index contributed by atoms with van der Waals surface area (Å²) in [6.45, 7) is 2.07. The number of benzene rings is 1. The van der Waals surface area contributed by atoms with Crippen molar-refractivity contribution >= 4 is 28.6 Å². The summed E-state index contributed by atoms with van der Waals surface area (Å²) in [5.41, 5.74) is 12.7. The standard InChI is InChI=1S/C14H17N3OS/c1-9(7-11-3-2-6-19-11)17-13-5-4-10(15)8-12(13)14(16)18/h2-6,8-9,17H,7,15H2,1H3,(H2,16,18). The van der Waals surface area contributed by atoms with Crippen molar-refractivity contribution in [2.24, 2.45) is 5.73 Å². The van der Waals surface area contributed by atoms with E-state index in [1.807, 2.05) is 6.07 Å². The SMILES string of the molecule is CC(Cc1cccs1)Nc1ccc(N)cc1C(N)=O. The van der Waals surface area contributed by atoms with Gasteiger partial charge in [-0.15, -0.1) is 11.3 Å². The predicted molar refractivity (Wildman–Crippen MR) is 80.5 cm³/mol. The first kappa shape index (κ1) is 13.4. The molecule has 0 spiro atoms. The first-order valence-corrected chi connectivity index (χ1v) is 6.92. The van der Waals surface area contributed by atoms with Crippen LogP contribution in [0.2, 0.25) is 0 Å². The summed E-state index contributed by atoms with van der Waals surface area (Å²) in [7, 11) is 0. The maximum Gasteiger partial charge on any atom is 0.250 e. The zero-order chi connectivity index (χ0) is 13.8.